The Hall–Kier alpha value is -2.70. The quantitative estimate of drug-likeness (QED) is 0.737. The summed E-state index contributed by atoms with van der Waals surface area (Å²) in [5.74, 6) is 2.14. The highest BCUT2D eigenvalue weighted by molar-refractivity contribution is 5.77. The number of aryl methyl sites for hydroxylation is 2. The van der Waals surface area contributed by atoms with Crippen LogP contribution in [0.3, 0.4) is 0 Å². The van der Waals surface area contributed by atoms with Crippen molar-refractivity contribution in [3.05, 3.63) is 42.2 Å². The van der Waals surface area contributed by atoms with E-state index < -0.39 is 0 Å². The molecular formula is C19H24N6O. The van der Waals surface area contributed by atoms with Crippen LogP contribution in [0.2, 0.25) is 0 Å². The Labute approximate surface area is 152 Å². The van der Waals surface area contributed by atoms with Gasteiger partial charge in [0.05, 0.1) is 17.4 Å². The minimum atomic E-state index is 0.0541. The highest BCUT2D eigenvalue weighted by Crippen LogP contribution is 2.14. The Balaban J connectivity index is 1.26. The number of benzene rings is 1. The molecular weight excluding hydrogens is 328 g/mol. The second kappa shape index (κ2) is 7.68. The molecule has 0 unspecified atom stereocenters. The maximum Gasteiger partial charge on any atom is 0.221 e. The Morgan fingerprint density at radius 1 is 1.15 bits per heavy atom. The predicted molar refractivity (Wildman–Crippen MR) is 98.6 cm³/mol. The molecule has 0 atom stereocenters. The molecule has 2 aromatic heterocycles. The molecule has 0 fully saturated rings. The fourth-order valence-electron chi connectivity index (χ4n) is 3.54. The largest absolute Gasteiger partial charge is 0.356 e. The Morgan fingerprint density at radius 2 is 2.08 bits per heavy atom. The molecule has 0 aliphatic carbocycles. The van der Waals surface area contributed by atoms with Crippen LogP contribution < -0.4 is 5.32 Å². The number of nitrogens with one attached hydrogen (secondary N) is 1. The third-order valence-corrected chi connectivity index (χ3v) is 4.96. The molecule has 1 aliphatic rings. The van der Waals surface area contributed by atoms with Crippen LogP contribution in [0.15, 0.2) is 30.6 Å². The van der Waals surface area contributed by atoms with E-state index in [4.69, 9.17) is 0 Å². The molecule has 0 spiro atoms. The fourth-order valence-corrected chi connectivity index (χ4v) is 3.54. The van der Waals surface area contributed by atoms with Crippen LogP contribution in [-0.2, 0) is 30.7 Å². The normalized spacial score (nSPS) is 14.2. The molecule has 0 saturated heterocycles. The zero-order chi connectivity index (χ0) is 17.8. The summed E-state index contributed by atoms with van der Waals surface area (Å²) in [5.41, 5.74) is 2.02. The van der Waals surface area contributed by atoms with Gasteiger partial charge in [-0.2, -0.15) is 0 Å². The number of hydrogen-bond acceptors (Lipinski definition) is 4. The van der Waals surface area contributed by atoms with Crippen molar-refractivity contribution >= 4 is 16.9 Å². The molecule has 1 aliphatic heterocycles. The van der Waals surface area contributed by atoms with Gasteiger partial charge in [-0.1, -0.05) is 18.6 Å². The smallest absolute Gasteiger partial charge is 0.221 e. The number of para-hydroxylation sites is 2. The molecule has 1 aromatic carbocycles. The molecule has 4 rings (SSSR count). The number of nitrogens with zero attached hydrogens (tertiary/aromatic N) is 5. The minimum absolute atomic E-state index is 0.0541. The molecule has 136 valence electrons. The van der Waals surface area contributed by atoms with Gasteiger partial charge >= 0.3 is 0 Å². The van der Waals surface area contributed by atoms with Crippen molar-refractivity contribution in [2.75, 3.05) is 6.54 Å². The SMILES string of the molecule is O=C(CCn1cnc2ccccc21)NCCc1nnc2n1CCCCC2. The number of fused-ring (bicyclic) bond motifs is 2. The van der Waals surface area contributed by atoms with E-state index in [1.54, 1.807) is 6.33 Å². The third-order valence-electron chi connectivity index (χ3n) is 4.96. The Kier molecular flexibility index (Phi) is 4.95. The number of amides is 1. The highest BCUT2D eigenvalue weighted by Gasteiger charge is 2.14. The predicted octanol–water partition coefficient (Wildman–Crippen LogP) is 2.10. The Bertz CT molecular complexity index is 896. The number of aromatic nitrogens is 5. The van der Waals surface area contributed by atoms with E-state index in [0.29, 0.717) is 19.5 Å². The van der Waals surface area contributed by atoms with E-state index in [0.717, 1.165) is 42.1 Å². The minimum Gasteiger partial charge on any atom is -0.356 e. The van der Waals surface area contributed by atoms with Crippen LogP contribution in [0.1, 0.15) is 37.3 Å². The van der Waals surface area contributed by atoms with Crippen LogP contribution in [0.25, 0.3) is 11.0 Å². The molecule has 3 aromatic rings. The zero-order valence-electron chi connectivity index (χ0n) is 14.9. The van der Waals surface area contributed by atoms with Crippen molar-refractivity contribution in [3.63, 3.8) is 0 Å². The average Bonchev–Trinajstić information content (AvgIpc) is 3.16. The summed E-state index contributed by atoms with van der Waals surface area (Å²) in [4.78, 5) is 16.5. The molecule has 26 heavy (non-hydrogen) atoms. The molecule has 0 radical (unpaired) electrons. The van der Waals surface area contributed by atoms with Gasteiger partial charge in [0, 0.05) is 38.9 Å². The number of carbonyl (C=O) groups is 1. The fraction of sp³-hybridized carbons (Fsp3) is 0.474. The van der Waals surface area contributed by atoms with E-state index in [9.17, 15) is 4.79 Å². The maximum atomic E-state index is 12.2. The second-order valence-electron chi connectivity index (χ2n) is 6.77. The first-order chi connectivity index (χ1) is 12.8. The molecule has 7 heteroatoms. The van der Waals surface area contributed by atoms with Crippen LogP contribution >= 0.6 is 0 Å². The topological polar surface area (TPSA) is 77.6 Å². The second-order valence-corrected chi connectivity index (χ2v) is 6.77. The van der Waals surface area contributed by atoms with Crippen molar-refractivity contribution in [2.45, 2.75) is 51.6 Å². The lowest BCUT2D eigenvalue weighted by molar-refractivity contribution is -0.121. The lowest BCUT2D eigenvalue weighted by Gasteiger charge is -2.08. The first-order valence-electron chi connectivity index (χ1n) is 9.39. The molecule has 3 heterocycles. The molecule has 0 saturated carbocycles. The monoisotopic (exact) mass is 352 g/mol. The van der Waals surface area contributed by atoms with Gasteiger partial charge in [-0.25, -0.2) is 4.98 Å². The van der Waals surface area contributed by atoms with Crippen LogP contribution in [0.4, 0.5) is 0 Å². The van der Waals surface area contributed by atoms with E-state index in [-0.39, 0.29) is 5.91 Å². The third kappa shape index (κ3) is 3.61. The van der Waals surface area contributed by atoms with Gasteiger partial charge < -0.3 is 14.5 Å². The first kappa shape index (κ1) is 16.8. The van der Waals surface area contributed by atoms with Crippen molar-refractivity contribution in [2.24, 2.45) is 0 Å². The summed E-state index contributed by atoms with van der Waals surface area (Å²) < 4.78 is 4.25. The molecule has 0 bridgehead atoms. The summed E-state index contributed by atoms with van der Waals surface area (Å²) in [6.07, 6.45) is 7.61. The summed E-state index contributed by atoms with van der Waals surface area (Å²) in [5, 5.41) is 11.6. The van der Waals surface area contributed by atoms with Crippen molar-refractivity contribution < 1.29 is 4.79 Å². The van der Waals surface area contributed by atoms with Crippen LogP contribution in [0, 0.1) is 0 Å². The number of imidazole rings is 1. The van der Waals surface area contributed by atoms with Gasteiger partial charge in [0.15, 0.2) is 0 Å². The zero-order valence-corrected chi connectivity index (χ0v) is 14.9. The van der Waals surface area contributed by atoms with Crippen LogP contribution in [0.5, 0.6) is 0 Å². The van der Waals surface area contributed by atoms with E-state index >= 15 is 0 Å². The summed E-state index contributed by atoms with van der Waals surface area (Å²) in [6, 6.07) is 7.96. The van der Waals surface area contributed by atoms with Gasteiger partial charge in [-0.05, 0) is 25.0 Å². The highest BCUT2D eigenvalue weighted by atomic mass is 16.1. The lowest BCUT2D eigenvalue weighted by Crippen LogP contribution is -2.27. The summed E-state index contributed by atoms with van der Waals surface area (Å²) in [6.45, 7) is 2.23. The molecule has 1 amide bonds. The van der Waals surface area contributed by atoms with Crippen molar-refractivity contribution in [1.29, 1.82) is 0 Å². The number of carbonyl (C=O) groups excluding carboxylic acids is 1. The average molecular weight is 352 g/mol. The van der Waals surface area contributed by atoms with E-state index in [2.05, 4.69) is 25.1 Å². The standard InChI is InChI=1S/C19H24N6O/c26-19(10-13-24-14-21-15-6-3-4-7-16(15)24)20-11-9-18-23-22-17-8-2-1-5-12-25(17)18/h3-4,6-7,14H,1-2,5,8-13H2,(H,20,26). The number of rotatable bonds is 6. The summed E-state index contributed by atoms with van der Waals surface area (Å²) in [7, 11) is 0. The van der Waals surface area contributed by atoms with Crippen molar-refractivity contribution in [1.82, 2.24) is 29.6 Å². The molecule has 7 nitrogen and oxygen atoms in total. The van der Waals surface area contributed by atoms with Gasteiger partial charge in [0.2, 0.25) is 5.91 Å². The first-order valence-corrected chi connectivity index (χ1v) is 9.39. The lowest BCUT2D eigenvalue weighted by atomic mass is 10.2. The maximum absolute atomic E-state index is 12.2. The molecule has 1 N–H and O–H groups in total. The van der Waals surface area contributed by atoms with Gasteiger partial charge in [0.25, 0.3) is 0 Å². The van der Waals surface area contributed by atoms with Gasteiger partial charge in [0.1, 0.15) is 11.6 Å². The van der Waals surface area contributed by atoms with Gasteiger partial charge in [-0.3, -0.25) is 4.79 Å². The van der Waals surface area contributed by atoms with E-state index in [1.807, 2.05) is 28.8 Å². The van der Waals surface area contributed by atoms with Gasteiger partial charge in [-0.15, -0.1) is 10.2 Å². The summed E-state index contributed by atoms with van der Waals surface area (Å²) >= 11 is 0. The van der Waals surface area contributed by atoms with Crippen molar-refractivity contribution in [3.8, 4) is 0 Å². The van der Waals surface area contributed by atoms with E-state index in [1.165, 1.54) is 19.3 Å². The van der Waals surface area contributed by atoms with Crippen LogP contribution in [-0.4, -0.2) is 36.8 Å². The number of hydrogen-bond donors (Lipinski definition) is 1. The Morgan fingerprint density at radius 3 is 3.04 bits per heavy atom.